The molecule has 2 aromatic rings. The zero-order valence-corrected chi connectivity index (χ0v) is 19.3. The monoisotopic (exact) mass is 471 g/mol. The van der Waals surface area contributed by atoms with E-state index in [9.17, 15) is 13.2 Å². The highest BCUT2D eigenvalue weighted by molar-refractivity contribution is 7.90. The number of amidine groups is 1. The Bertz CT molecular complexity index is 1080. The first kappa shape index (κ1) is 23.3. The highest BCUT2D eigenvalue weighted by Crippen LogP contribution is 2.19. The standard InChI is InChI=1S/C24H29N3O5S/c28-24(18-7-11-20(12-8-18)32-17-21-5-4-16-31-21)26-19-9-13-22(14-10-19)33(29,30)27-23-6-2-1-3-15-25-23/h7-14,21H,1-6,15-17H2,(H,25,27)(H,26,28). The molecule has 2 aliphatic rings. The fraction of sp³-hybridized carbons (Fsp3) is 0.417. The molecule has 4 rings (SSSR count). The first-order chi connectivity index (χ1) is 16.0. The van der Waals surface area contributed by atoms with E-state index in [0.717, 1.165) is 38.7 Å². The van der Waals surface area contributed by atoms with Gasteiger partial charge in [0.2, 0.25) is 0 Å². The average Bonchev–Trinajstić information content (AvgIpc) is 3.22. The predicted octanol–water partition coefficient (Wildman–Crippen LogP) is 3.75. The Morgan fingerprint density at radius 2 is 1.82 bits per heavy atom. The second-order valence-electron chi connectivity index (χ2n) is 8.19. The molecule has 0 aliphatic carbocycles. The summed E-state index contributed by atoms with van der Waals surface area (Å²) in [5.74, 6) is 0.901. The zero-order chi connectivity index (χ0) is 23.1. The number of nitrogens with zero attached hydrogens (tertiary/aromatic N) is 1. The van der Waals surface area contributed by atoms with Crippen LogP contribution in [0.4, 0.5) is 5.69 Å². The number of aliphatic imine (C=N–C) groups is 1. The van der Waals surface area contributed by atoms with E-state index in [4.69, 9.17) is 9.47 Å². The molecule has 2 heterocycles. The van der Waals surface area contributed by atoms with E-state index in [1.54, 1.807) is 36.4 Å². The average molecular weight is 472 g/mol. The van der Waals surface area contributed by atoms with Crippen molar-refractivity contribution < 1.29 is 22.7 Å². The minimum Gasteiger partial charge on any atom is -0.491 e. The summed E-state index contributed by atoms with van der Waals surface area (Å²) in [5, 5.41) is 2.78. The van der Waals surface area contributed by atoms with Crippen molar-refractivity contribution in [2.75, 3.05) is 25.1 Å². The summed E-state index contributed by atoms with van der Waals surface area (Å²) < 4.78 is 39.1. The molecule has 8 nitrogen and oxygen atoms in total. The van der Waals surface area contributed by atoms with Crippen molar-refractivity contribution in [2.45, 2.75) is 49.5 Å². The van der Waals surface area contributed by atoms with Crippen LogP contribution in [0.1, 0.15) is 48.9 Å². The Kier molecular flexibility index (Phi) is 7.61. The molecule has 33 heavy (non-hydrogen) atoms. The van der Waals surface area contributed by atoms with Gasteiger partial charge in [-0.25, -0.2) is 8.42 Å². The Labute approximate surface area is 194 Å². The maximum absolute atomic E-state index is 12.6. The summed E-state index contributed by atoms with van der Waals surface area (Å²) in [7, 11) is -3.71. The molecule has 0 aromatic heterocycles. The van der Waals surface area contributed by atoms with Crippen LogP contribution >= 0.6 is 0 Å². The molecule has 1 atom stereocenters. The van der Waals surface area contributed by atoms with Crippen LogP contribution in [0.15, 0.2) is 58.4 Å². The van der Waals surface area contributed by atoms with Gasteiger partial charge in [-0.15, -0.1) is 0 Å². The van der Waals surface area contributed by atoms with Crippen LogP contribution in [-0.4, -0.2) is 46.0 Å². The van der Waals surface area contributed by atoms with E-state index in [2.05, 4.69) is 15.0 Å². The molecule has 0 spiro atoms. The lowest BCUT2D eigenvalue weighted by Gasteiger charge is -2.12. The lowest BCUT2D eigenvalue weighted by Crippen LogP contribution is -2.30. The van der Waals surface area contributed by atoms with Crippen molar-refractivity contribution in [1.82, 2.24) is 4.72 Å². The number of hydrogen-bond acceptors (Lipinski definition) is 6. The van der Waals surface area contributed by atoms with Crippen LogP contribution < -0.4 is 14.8 Å². The predicted molar refractivity (Wildman–Crippen MR) is 126 cm³/mol. The van der Waals surface area contributed by atoms with E-state index < -0.39 is 10.0 Å². The number of hydrogen-bond donors (Lipinski definition) is 2. The highest BCUT2D eigenvalue weighted by Gasteiger charge is 2.18. The van der Waals surface area contributed by atoms with E-state index >= 15 is 0 Å². The summed E-state index contributed by atoms with van der Waals surface area (Å²) in [5.41, 5.74) is 0.980. The number of amides is 1. The number of ether oxygens (including phenoxy) is 2. The molecular weight excluding hydrogens is 442 g/mol. The molecule has 1 amide bonds. The number of carbonyl (C=O) groups excluding carboxylic acids is 1. The second kappa shape index (κ2) is 10.8. The van der Waals surface area contributed by atoms with Crippen molar-refractivity contribution >= 4 is 27.5 Å². The minimum atomic E-state index is -3.71. The number of carbonyl (C=O) groups is 1. The van der Waals surface area contributed by atoms with Gasteiger partial charge in [0.25, 0.3) is 15.9 Å². The van der Waals surface area contributed by atoms with Crippen LogP contribution in [0.25, 0.3) is 0 Å². The van der Waals surface area contributed by atoms with Gasteiger partial charge >= 0.3 is 0 Å². The van der Waals surface area contributed by atoms with E-state index in [1.807, 2.05) is 0 Å². The molecule has 2 N–H and O–H groups in total. The lowest BCUT2D eigenvalue weighted by atomic mass is 10.2. The molecule has 1 saturated heterocycles. The van der Waals surface area contributed by atoms with Crippen molar-refractivity contribution in [2.24, 2.45) is 4.99 Å². The molecule has 0 bridgehead atoms. The second-order valence-corrected chi connectivity index (χ2v) is 9.88. The van der Waals surface area contributed by atoms with Gasteiger partial charge in [-0.1, -0.05) is 6.42 Å². The smallest absolute Gasteiger partial charge is 0.262 e. The number of benzene rings is 2. The van der Waals surface area contributed by atoms with Gasteiger partial charge in [-0.3, -0.25) is 14.5 Å². The molecule has 0 saturated carbocycles. The van der Waals surface area contributed by atoms with E-state index in [0.29, 0.717) is 42.4 Å². The summed E-state index contributed by atoms with van der Waals surface area (Å²) in [4.78, 5) is 17.0. The summed E-state index contributed by atoms with van der Waals surface area (Å²) >= 11 is 0. The SMILES string of the molecule is O=C(Nc1ccc(S(=O)(=O)NC2=NCCCCC2)cc1)c1ccc(OCC2CCCO2)cc1. The molecule has 1 fully saturated rings. The highest BCUT2D eigenvalue weighted by atomic mass is 32.2. The van der Waals surface area contributed by atoms with Gasteiger partial charge < -0.3 is 14.8 Å². The molecule has 1 unspecified atom stereocenters. The van der Waals surface area contributed by atoms with Gasteiger partial charge in [0.1, 0.15) is 18.2 Å². The normalized spacial score (nSPS) is 18.8. The van der Waals surface area contributed by atoms with Crippen molar-refractivity contribution in [3.05, 3.63) is 54.1 Å². The fourth-order valence-electron chi connectivity index (χ4n) is 3.76. The van der Waals surface area contributed by atoms with Gasteiger partial charge in [0.15, 0.2) is 0 Å². The fourth-order valence-corrected chi connectivity index (χ4v) is 4.85. The Morgan fingerprint density at radius 1 is 1.03 bits per heavy atom. The topological polar surface area (TPSA) is 106 Å². The molecule has 2 aliphatic heterocycles. The van der Waals surface area contributed by atoms with Gasteiger partial charge in [0.05, 0.1) is 11.0 Å². The van der Waals surface area contributed by atoms with Crippen molar-refractivity contribution in [3.8, 4) is 5.75 Å². The van der Waals surface area contributed by atoms with Crippen LogP contribution in [-0.2, 0) is 14.8 Å². The van der Waals surface area contributed by atoms with Crippen LogP contribution in [0, 0.1) is 0 Å². The Morgan fingerprint density at radius 3 is 2.55 bits per heavy atom. The van der Waals surface area contributed by atoms with E-state index in [-0.39, 0.29) is 16.9 Å². The van der Waals surface area contributed by atoms with Crippen LogP contribution in [0.3, 0.4) is 0 Å². The first-order valence-corrected chi connectivity index (χ1v) is 12.8. The molecular formula is C24H29N3O5S. The van der Waals surface area contributed by atoms with Gasteiger partial charge in [-0.2, -0.15) is 0 Å². The molecule has 9 heteroatoms. The first-order valence-electron chi connectivity index (χ1n) is 11.3. The summed E-state index contributed by atoms with van der Waals surface area (Å²) in [6.07, 6.45) is 5.78. The third kappa shape index (κ3) is 6.55. The number of rotatable bonds is 7. The third-order valence-electron chi connectivity index (χ3n) is 5.63. The van der Waals surface area contributed by atoms with E-state index in [1.165, 1.54) is 12.1 Å². The molecule has 176 valence electrons. The van der Waals surface area contributed by atoms with Crippen molar-refractivity contribution in [1.29, 1.82) is 0 Å². The molecule has 0 radical (unpaired) electrons. The maximum atomic E-state index is 12.6. The lowest BCUT2D eigenvalue weighted by molar-refractivity contribution is 0.0679. The molecule has 2 aromatic carbocycles. The number of nitrogens with one attached hydrogen (secondary N) is 2. The Hall–Kier alpha value is -2.91. The quantitative estimate of drug-likeness (QED) is 0.640. The van der Waals surface area contributed by atoms with Gasteiger partial charge in [0, 0.05) is 30.8 Å². The minimum absolute atomic E-state index is 0.125. The van der Waals surface area contributed by atoms with Crippen molar-refractivity contribution in [3.63, 3.8) is 0 Å². The number of anilines is 1. The summed E-state index contributed by atoms with van der Waals surface area (Å²) in [6, 6.07) is 13.0. The maximum Gasteiger partial charge on any atom is 0.262 e. The summed E-state index contributed by atoms with van der Waals surface area (Å²) in [6.45, 7) is 1.93. The largest absolute Gasteiger partial charge is 0.491 e. The Balaban J connectivity index is 1.32. The van der Waals surface area contributed by atoms with Crippen LogP contribution in [0.2, 0.25) is 0 Å². The number of sulfonamides is 1. The van der Waals surface area contributed by atoms with Gasteiger partial charge in [-0.05, 0) is 74.2 Å². The van der Waals surface area contributed by atoms with Crippen LogP contribution in [0.5, 0.6) is 5.75 Å². The third-order valence-corrected chi connectivity index (χ3v) is 7.02. The zero-order valence-electron chi connectivity index (χ0n) is 18.5.